The van der Waals surface area contributed by atoms with Crippen molar-refractivity contribution in [2.24, 2.45) is 0 Å². The number of carbonyl (C=O) groups is 4. The van der Waals surface area contributed by atoms with E-state index in [2.05, 4.69) is 0 Å². The molecule has 4 atom stereocenters. The summed E-state index contributed by atoms with van der Waals surface area (Å²) in [4.78, 5) is 55.6. The van der Waals surface area contributed by atoms with E-state index >= 15 is 0 Å². The van der Waals surface area contributed by atoms with E-state index in [9.17, 15) is 24.3 Å². The van der Waals surface area contributed by atoms with Crippen LogP contribution in [0, 0.1) is 0 Å². The minimum Gasteiger partial charge on any atom is -0.451 e. The molecule has 0 aliphatic carbocycles. The first-order chi connectivity index (χ1) is 18.3. The molecule has 0 spiro atoms. The number of aliphatic hydroxyl groups is 1. The minimum absolute atomic E-state index is 0.113. The van der Waals surface area contributed by atoms with Gasteiger partial charge in [-0.1, -0.05) is 72.8 Å². The summed E-state index contributed by atoms with van der Waals surface area (Å²) in [6.45, 7) is 1.49. The molecule has 192 valence electrons. The summed E-state index contributed by atoms with van der Waals surface area (Å²) < 4.78 is 6.00. The van der Waals surface area contributed by atoms with Crippen molar-refractivity contribution in [1.82, 2.24) is 9.80 Å². The highest BCUT2D eigenvalue weighted by atomic mass is 32.2. The number of hydrogen-bond donors (Lipinski definition) is 1. The predicted molar refractivity (Wildman–Crippen MR) is 139 cm³/mol. The number of β-lactam (4-membered cyclic amide) rings is 1. The molecule has 0 radical (unpaired) electrons. The second kappa shape index (κ2) is 9.11. The van der Waals surface area contributed by atoms with Crippen molar-refractivity contribution >= 4 is 35.5 Å². The van der Waals surface area contributed by atoms with Crippen molar-refractivity contribution in [2.75, 3.05) is 5.75 Å². The van der Waals surface area contributed by atoms with Gasteiger partial charge in [-0.15, -0.1) is 11.8 Å². The first-order valence-electron chi connectivity index (χ1n) is 12.2. The number of ether oxygens (including phenoxy) is 1. The van der Waals surface area contributed by atoms with Crippen LogP contribution in [0.15, 0.2) is 84.9 Å². The molecule has 2 fully saturated rings. The van der Waals surface area contributed by atoms with E-state index in [0.717, 1.165) is 16.0 Å². The van der Waals surface area contributed by atoms with Gasteiger partial charge in [0.05, 0.1) is 11.1 Å². The molecule has 3 aromatic carbocycles. The van der Waals surface area contributed by atoms with Crippen molar-refractivity contribution in [1.29, 1.82) is 0 Å². The molecular formula is C29H24N2O6S. The van der Waals surface area contributed by atoms with Crippen LogP contribution in [0.5, 0.6) is 0 Å². The number of rotatable bonds is 5. The second-order valence-corrected chi connectivity index (χ2v) is 10.9. The third kappa shape index (κ3) is 3.73. The first kappa shape index (κ1) is 24.4. The predicted octanol–water partition coefficient (Wildman–Crippen LogP) is 3.02. The van der Waals surface area contributed by atoms with Crippen LogP contribution >= 0.6 is 11.8 Å². The van der Waals surface area contributed by atoms with Gasteiger partial charge < -0.3 is 14.7 Å². The number of amides is 3. The Morgan fingerprint density at radius 3 is 1.92 bits per heavy atom. The summed E-state index contributed by atoms with van der Waals surface area (Å²) in [5.74, 6) is -2.28. The van der Waals surface area contributed by atoms with E-state index in [0.29, 0.717) is 0 Å². The van der Waals surface area contributed by atoms with Gasteiger partial charge in [0.25, 0.3) is 17.7 Å². The molecule has 3 aromatic rings. The minimum atomic E-state index is -1.58. The number of hydrogen-bond acceptors (Lipinski definition) is 7. The summed E-state index contributed by atoms with van der Waals surface area (Å²) in [7, 11) is 0. The lowest BCUT2D eigenvalue weighted by Gasteiger charge is -2.57. The Kier molecular flexibility index (Phi) is 5.85. The Labute approximate surface area is 223 Å². The fraction of sp³-hybridized carbons (Fsp3) is 0.241. The van der Waals surface area contributed by atoms with E-state index in [4.69, 9.17) is 4.74 Å². The summed E-state index contributed by atoms with van der Waals surface area (Å²) in [5.41, 5.74) is 0.403. The average molecular weight is 529 g/mol. The van der Waals surface area contributed by atoms with Crippen LogP contribution < -0.4 is 0 Å². The van der Waals surface area contributed by atoms with Crippen LogP contribution in [0.25, 0.3) is 0 Å². The fourth-order valence-corrected chi connectivity index (χ4v) is 6.85. The van der Waals surface area contributed by atoms with Gasteiger partial charge in [0.2, 0.25) is 0 Å². The van der Waals surface area contributed by atoms with Crippen molar-refractivity contribution in [3.05, 3.63) is 107 Å². The van der Waals surface area contributed by atoms with Crippen molar-refractivity contribution in [2.45, 2.75) is 36.1 Å². The standard InChI is InChI=1S/C29H24N2O6S/c1-29(36)16-38-27-21(30-24(32)19-14-8-9-15-20(19)25(30)33)26(34)31(27)23(29)28(35)37-22(17-10-4-2-5-11-17)18-12-6-3-7-13-18/h2-15,21-23,27,36H,16H2,1H3/t21?,23?,27-,29?/m0/s1. The van der Waals surface area contributed by atoms with Crippen LogP contribution in [0.2, 0.25) is 0 Å². The number of fused-ring (bicyclic) bond motifs is 2. The molecule has 0 bridgehead atoms. The zero-order valence-corrected chi connectivity index (χ0v) is 21.2. The lowest BCUT2D eigenvalue weighted by molar-refractivity contribution is -0.182. The molecule has 3 aliphatic heterocycles. The maximum absolute atomic E-state index is 13.7. The van der Waals surface area contributed by atoms with E-state index in [1.54, 1.807) is 24.3 Å². The number of imide groups is 1. The van der Waals surface area contributed by atoms with Crippen LogP contribution in [0.4, 0.5) is 0 Å². The lowest BCUT2D eigenvalue weighted by Crippen LogP contribution is -2.79. The number of carbonyl (C=O) groups excluding carboxylic acids is 4. The summed E-state index contributed by atoms with van der Waals surface area (Å²) in [6.07, 6.45) is -0.753. The van der Waals surface area contributed by atoms with Crippen molar-refractivity contribution < 1.29 is 29.0 Å². The number of nitrogens with zero attached hydrogens (tertiary/aromatic N) is 2. The third-order valence-corrected chi connectivity index (χ3v) is 8.81. The average Bonchev–Trinajstić information content (AvgIpc) is 3.17. The first-order valence-corrected chi connectivity index (χ1v) is 13.3. The fourth-order valence-electron chi connectivity index (χ4n) is 5.38. The Hall–Kier alpha value is -3.95. The Bertz CT molecular complexity index is 1370. The van der Waals surface area contributed by atoms with Gasteiger partial charge >= 0.3 is 5.97 Å². The van der Waals surface area contributed by atoms with E-state index in [1.165, 1.54) is 23.6 Å². The van der Waals surface area contributed by atoms with Crippen molar-refractivity contribution in [3.63, 3.8) is 0 Å². The van der Waals surface area contributed by atoms with Gasteiger partial charge in [0.15, 0.2) is 12.1 Å². The molecule has 8 nitrogen and oxygen atoms in total. The molecule has 9 heteroatoms. The SMILES string of the molecule is CC1(O)CS[C@H]2C(N3C(=O)c4ccccc4C3=O)C(=O)N2C1C(=O)OC(c1ccccc1)c1ccccc1. The zero-order valence-electron chi connectivity index (χ0n) is 20.4. The van der Waals surface area contributed by atoms with Gasteiger partial charge in [0, 0.05) is 5.75 Å². The quantitative estimate of drug-likeness (QED) is 0.308. The number of thioether (sulfide) groups is 1. The molecule has 0 aromatic heterocycles. The second-order valence-electron chi connectivity index (χ2n) is 9.82. The van der Waals surface area contributed by atoms with Crippen LogP contribution in [-0.2, 0) is 14.3 Å². The lowest BCUT2D eigenvalue weighted by atomic mass is 9.90. The van der Waals surface area contributed by atoms with Crippen LogP contribution in [-0.4, -0.2) is 67.4 Å². The monoisotopic (exact) mass is 528 g/mol. The molecular weight excluding hydrogens is 504 g/mol. The number of benzene rings is 3. The summed E-state index contributed by atoms with van der Waals surface area (Å²) in [5, 5.41) is 10.6. The largest absolute Gasteiger partial charge is 0.451 e. The Morgan fingerprint density at radius 2 is 1.39 bits per heavy atom. The van der Waals surface area contributed by atoms with E-state index < -0.39 is 52.9 Å². The summed E-state index contributed by atoms with van der Waals surface area (Å²) >= 11 is 1.24. The third-order valence-electron chi connectivity index (χ3n) is 7.23. The van der Waals surface area contributed by atoms with E-state index in [-0.39, 0.29) is 16.9 Å². The molecule has 3 amide bonds. The Morgan fingerprint density at radius 1 is 0.895 bits per heavy atom. The smallest absolute Gasteiger partial charge is 0.332 e. The molecule has 3 heterocycles. The highest BCUT2D eigenvalue weighted by Gasteiger charge is 2.65. The van der Waals surface area contributed by atoms with Crippen LogP contribution in [0.3, 0.4) is 0 Å². The van der Waals surface area contributed by atoms with Gasteiger partial charge in [-0.25, -0.2) is 4.79 Å². The van der Waals surface area contributed by atoms with Gasteiger partial charge in [-0.3, -0.25) is 19.3 Å². The molecule has 6 rings (SSSR count). The van der Waals surface area contributed by atoms with Crippen molar-refractivity contribution in [3.8, 4) is 0 Å². The molecule has 1 N–H and O–H groups in total. The zero-order chi connectivity index (χ0) is 26.6. The molecule has 3 unspecified atom stereocenters. The number of esters is 1. The topological polar surface area (TPSA) is 104 Å². The normalized spacial score (nSPS) is 26.2. The molecule has 2 saturated heterocycles. The van der Waals surface area contributed by atoms with Crippen LogP contribution in [0.1, 0.15) is 44.9 Å². The van der Waals surface area contributed by atoms with Gasteiger partial charge in [-0.2, -0.15) is 0 Å². The molecule has 38 heavy (non-hydrogen) atoms. The highest BCUT2D eigenvalue weighted by Crippen LogP contribution is 2.46. The van der Waals surface area contributed by atoms with Gasteiger partial charge in [-0.05, 0) is 30.2 Å². The maximum atomic E-state index is 13.7. The summed E-state index contributed by atoms with van der Waals surface area (Å²) in [6, 6.07) is 22.5. The van der Waals surface area contributed by atoms with E-state index in [1.807, 2.05) is 60.7 Å². The highest BCUT2D eigenvalue weighted by molar-refractivity contribution is 8.00. The van der Waals surface area contributed by atoms with Gasteiger partial charge in [0.1, 0.15) is 17.0 Å². The molecule has 0 saturated carbocycles. The Balaban J connectivity index is 1.29. The maximum Gasteiger partial charge on any atom is 0.332 e. The molecule has 3 aliphatic rings.